The van der Waals surface area contributed by atoms with Crippen molar-refractivity contribution in [2.45, 2.75) is 6.92 Å². The highest BCUT2D eigenvalue weighted by Crippen LogP contribution is 2.23. The Morgan fingerprint density at radius 2 is 2.12 bits per heavy atom. The summed E-state index contributed by atoms with van der Waals surface area (Å²) in [5, 5.41) is 0. The molecule has 1 aromatic rings. The lowest BCUT2D eigenvalue weighted by molar-refractivity contribution is 0.101. The quantitative estimate of drug-likeness (QED) is 0.779. The van der Waals surface area contributed by atoms with Gasteiger partial charge in [-0.15, -0.1) is 0 Å². The molecule has 1 rings (SSSR count). The van der Waals surface area contributed by atoms with Gasteiger partial charge in [-0.1, -0.05) is 0 Å². The second kappa shape index (κ2) is 6.01. The lowest BCUT2D eigenvalue weighted by atomic mass is 10.1. The van der Waals surface area contributed by atoms with Crippen LogP contribution in [-0.2, 0) is 0 Å². The van der Waals surface area contributed by atoms with Gasteiger partial charge in [-0.25, -0.2) is 0 Å². The van der Waals surface area contributed by atoms with Gasteiger partial charge in [0.2, 0.25) is 0 Å². The Morgan fingerprint density at radius 3 is 2.62 bits per heavy atom. The molecular formula is C12H16BrNO2. The van der Waals surface area contributed by atoms with Gasteiger partial charge in [0.15, 0.2) is 5.78 Å². The maximum atomic E-state index is 11.2. The van der Waals surface area contributed by atoms with Crippen LogP contribution in [0.3, 0.4) is 0 Å². The van der Waals surface area contributed by atoms with Crippen molar-refractivity contribution in [3.8, 4) is 5.75 Å². The van der Waals surface area contributed by atoms with Crippen LogP contribution in [0.15, 0.2) is 22.7 Å². The number of likely N-dealkylation sites (N-methyl/N-ethyl adjacent to an activating group) is 1. The van der Waals surface area contributed by atoms with Gasteiger partial charge in [-0.05, 0) is 55.1 Å². The predicted molar refractivity (Wildman–Crippen MR) is 68.2 cm³/mol. The second-order valence-corrected chi connectivity index (χ2v) is 4.70. The summed E-state index contributed by atoms with van der Waals surface area (Å²) in [4.78, 5) is 13.3. The van der Waals surface area contributed by atoms with E-state index in [1.807, 2.05) is 26.2 Å². The fourth-order valence-corrected chi connectivity index (χ4v) is 1.85. The summed E-state index contributed by atoms with van der Waals surface area (Å²) < 4.78 is 6.33. The predicted octanol–water partition coefficient (Wildman–Crippen LogP) is 2.59. The minimum atomic E-state index is 0.0479. The third-order valence-electron chi connectivity index (χ3n) is 2.13. The number of Topliss-reactive ketones (excluding diaryl/α,β-unsaturated/α-hetero) is 1. The number of benzene rings is 1. The van der Waals surface area contributed by atoms with Gasteiger partial charge in [0.05, 0.1) is 0 Å². The highest BCUT2D eigenvalue weighted by atomic mass is 79.9. The molecule has 0 aliphatic heterocycles. The molecule has 0 aliphatic rings. The highest BCUT2D eigenvalue weighted by Gasteiger charge is 2.06. The maximum Gasteiger partial charge on any atom is 0.160 e. The second-order valence-electron chi connectivity index (χ2n) is 3.85. The van der Waals surface area contributed by atoms with E-state index in [1.54, 1.807) is 13.0 Å². The number of hydrogen-bond donors (Lipinski definition) is 0. The van der Waals surface area contributed by atoms with Crippen molar-refractivity contribution in [2.75, 3.05) is 27.2 Å². The molecular weight excluding hydrogens is 270 g/mol. The van der Waals surface area contributed by atoms with E-state index < -0.39 is 0 Å². The number of ketones is 1. The van der Waals surface area contributed by atoms with Crippen LogP contribution in [0.2, 0.25) is 0 Å². The van der Waals surface area contributed by atoms with Crippen LogP contribution in [0.5, 0.6) is 5.75 Å². The van der Waals surface area contributed by atoms with E-state index in [0.717, 1.165) is 16.8 Å². The van der Waals surface area contributed by atoms with Crippen LogP contribution in [0.25, 0.3) is 0 Å². The zero-order valence-corrected chi connectivity index (χ0v) is 11.4. The fraction of sp³-hybridized carbons (Fsp3) is 0.417. The molecule has 0 aliphatic carbocycles. The smallest absolute Gasteiger partial charge is 0.160 e. The molecule has 0 saturated heterocycles. The summed E-state index contributed by atoms with van der Waals surface area (Å²) >= 11 is 3.36. The molecule has 0 radical (unpaired) electrons. The first-order valence-electron chi connectivity index (χ1n) is 5.08. The van der Waals surface area contributed by atoms with Crippen LogP contribution in [0.1, 0.15) is 17.3 Å². The van der Waals surface area contributed by atoms with E-state index in [1.165, 1.54) is 0 Å². The first-order valence-corrected chi connectivity index (χ1v) is 5.88. The van der Waals surface area contributed by atoms with Crippen molar-refractivity contribution in [2.24, 2.45) is 0 Å². The molecule has 0 atom stereocenters. The standard InChI is InChI=1S/C12H16BrNO2/c1-9(15)11-5-4-10(8-12(11)13)16-7-6-14(2)3/h4-5,8H,6-7H2,1-3H3. The molecule has 88 valence electrons. The zero-order chi connectivity index (χ0) is 12.1. The van der Waals surface area contributed by atoms with Crippen LogP contribution < -0.4 is 4.74 Å². The summed E-state index contributed by atoms with van der Waals surface area (Å²) in [5.41, 5.74) is 0.681. The van der Waals surface area contributed by atoms with Crippen LogP contribution in [-0.4, -0.2) is 37.9 Å². The van der Waals surface area contributed by atoms with Gasteiger partial charge >= 0.3 is 0 Å². The normalized spacial score (nSPS) is 10.6. The number of rotatable bonds is 5. The topological polar surface area (TPSA) is 29.5 Å². The van der Waals surface area contributed by atoms with E-state index in [0.29, 0.717) is 12.2 Å². The SMILES string of the molecule is CC(=O)c1ccc(OCCN(C)C)cc1Br. The fourth-order valence-electron chi connectivity index (χ4n) is 1.22. The Labute approximate surface area is 105 Å². The van der Waals surface area contributed by atoms with Crippen molar-refractivity contribution < 1.29 is 9.53 Å². The minimum absolute atomic E-state index is 0.0479. The van der Waals surface area contributed by atoms with Gasteiger partial charge < -0.3 is 9.64 Å². The minimum Gasteiger partial charge on any atom is -0.492 e. The molecule has 1 aromatic carbocycles. The molecule has 0 heterocycles. The Bertz CT molecular complexity index is 377. The lowest BCUT2D eigenvalue weighted by Gasteiger charge is -2.11. The third kappa shape index (κ3) is 3.94. The number of nitrogens with zero attached hydrogens (tertiary/aromatic N) is 1. The Morgan fingerprint density at radius 1 is 1.44 bits per heavy atom. The van der Waals surface area contributed by atoms with Gasteiger partial charge in [0.25, 0.3) is 0 Å². The molecule has 16 heavy (non-hydrogen) atoms. The maximum absolute atomic E-state index is 11.2. The summed E-state index contributed by atoms with van der Waals surface area (Å²) in [5.74, 6) is 0.824. The van der Waals surface area contributed by atoms with Gasteiger partial charge in [0.1, 0.15) is 12.4 Å². The third-order valence-corrected chi connectivity index (χ3v) is 2.78. The van der Waals surface area contributed by atoms with E-state index in [-0.39, 0.29) is 5.78 Å². The van der Waals surface area contributed by atoms with E-state index >= 15 is 0 Å². The van der Waals surface area contributed by atoms with E-state index in [9.17, 15) is 4.79 Å². The molecule has 0 aromatic heterocycles. The molecule has 0 amide bonds. The van der Waals surface area contributed by atoms with Crippen molar-refractivity contribution in [3.05, 3.63) is 28.2 Å². The molecule has 0 saturated carbocycles. The summed E-state index contributed by atoms with van der Waals surface area (Å²) in [6.45, 7) is 3.05. The number of carbonyl (C=O) groups is 1. The molecule has 0 N–H and O–H groups in total. The number of halogens is 1. The van der Waals surface area contributed by atoms with E-state index in [2.05, 4.69) is 20.8 Å². The number of carbonyl (C=O) groups excluding carboxylic acids is 1. The molecule has 0 unspecified atom stereocenters. The van der Waals surface area contributed by atoms with Gasteiger partial charge in [-0.2, -0.15) is 0 Å². The van der Waals surface area contributed by atoms with Gasteiger partial charge in [0, 0.05) is 16.6 Å². The van der Waals surface area contributed by atoms with Crippen molar-refractivity contribution in [1.82, 2.24) is 4.90 Å². The molecule has 4 heteroatoms. The lowest BCUT2D eigenvalue weighted by Crippen LogP contribution is -2.19. The Kier molecular flexibility index (Phi) is 4.96. The van der Waals surface area contributed by atoms with Crippen molar-refractivity contribution in [1.29, 1.82) is 0 Å². The highest BCUT2D eigenvalue weighted by molar-refractivity contribution is 9.10. The molecule has 3 nitrogen and oxygen atoms in total. The summed E-state index contributed by atoms with van der Waals surface area (Å²) in [6.07, 6.45) is 0. The number of hydrogen-bond acceptors (Lipinski definition) is 3. The monoisotopic (exact) mass is 285 g/mol. The van der Waals surface area contributed by atoms with E-state index in [4.69, 9.17) is 4.74 Å². The first kappa shape index (κ1) is 13.2. The van der Waals surface area contributed by atoms with Crippen LogP contribution in [0.4, 0.5) is 0 Å². The zero-order valence-electron chi connectivity index (χ0n) is 9.79. The van der Waals surface area contributed by atoms with Crippen molar-refractivity contribution in [3.63, 3.8) is 0 Å². The Balaban J connectivity index is 2.63. The summed E-state index contributed by atoms with van der Waals surface area (Å²) in [7, 11) is 4.00. The average molecular weight is 286 g/mol. The van der Waals surface area contributed by atoms with Crippen LogP contribution >= 0.6 is 15.9 Å². The van der Waals surface area contributed by atoms with Crippen LogP contribution in [0, 0.1) is 0 Å². The van der Waals surface area contributed by atoms with Gasteiger partial charge in [-0.3, -0.25) is 4.79 Å². The summed E-state index contributed by atoms with van der Waals surface area (Å²) in [6, 6.07) is 5.42. The molecule has 0 fully saturated rings. The Hall–Kier alpha value is -0.870. The molecule has 0 spiro atoms. The molecule has 0 bridgehead atoms. The largest absolute Gasteiger partial charge is 0.492 e. The average Bonchev–Trinajstić information content (AvgIpc) is 2.16. The number of ether oxygens (including phenoxy) is 1. The first-order chi connectivity index (χ1) is 7.50. The van der Waals surface area contributed by atoms with Crippen molar-refractivity contribution >= 4 is 21.7 Å².